The lowest BCUT2D eigenvalue weighted by atomic mass is 9.91. The summed E-state index contributed by atoms with van der Waals surface area (Å²) in [5, 5.41) is 2.13. The second kappa shape index (κ2) is 5.63. The number of benzene rings is 2. The van der Waals surface area contributed by atoms with Gasteiger partial charge in [0, 0.05) is 4.47 Å². The Balaban J connectivity index is 2.75. The molecule has 2 nitrogen and oxygen atoms in total. The van der Waals surface area contributed by atoms with E-state index in [0.717, 1.165) is 20.8 Å². The van der Waals surface area contributed by atoms with Crippen molar-refractivity contribution in [1.29, 1.82) is 0 Å². The van der Waals surface area contributed by atoms with Crippen LogP contribution in [-0.2, 0) is 13.9 Å². The van der Waals surface area contributed by atoms with Crippen LogP contribution >= 0.6 is 31.9 Å². The number of alkyl halides is 1. The number of rotatable bonds is 3. The normalized spacial score (nSPS) is 14.1. The van der Waals surface area contributed by atoms with Gasteiger partial charge in [-0.25, -0.2) is 0 Å². The Kier molecular flexibility index (Phi) is 4.31. The largest absolute Gasteiger partial charge is 0.468 e. The summed E-state index contributed by atoms with van der Waals surface area (Å²) in [6, 6.07) is 11.9. The van der Waals surface area contributed by atoms with Crippen LogP contribution < -0.4 is 0 Å². The molecule has 0 aliphatic rings. The van der Waals surface area contributed by atoms with E-state index in [0.29, 0.717) is 6.42 Å². The smallest absolute Gasteiger partial charge is 0.327 e. The third-order valence-electron chi connectivity index (χ3n) is 3.29. The number of hydrogen-bond acceptors (Lipinski definition) is 2. The van der Waals surface area contributed by atoms with E-state index >= 15 is 0 Å². The summed E-state index contributed by atoms with van der Waals surface area (Å²) >= 11 is 7.12. The molecule has 100 valence electrons. The number of esters is 1. The standard InChI is InChI=1S/C15H14Br2O2/c1-3-15(17,14(18)19-2)12-8-9-13(16)11-7-5-4-6-10(11)12/h4-9H,3H2,1-2H3. The monoisotopic (exact) mass is 384 g/mol. The van der Waals surface area contributed by atoms with Gasteiger partial charge in [0.2, 0.25) is 0 Å². The van der Waals surface area contributed by atoms with Gasteiger partial charge in [0.05, 0.1) is 7.11 Å². The molecular formula is C15H14Br2O2. The van der Waals surface area contributed by atoms with Gasteiger partial charge in [-0.15, -0.1) is 0 Å². The third kappa shape index (κ3) is 2.43. The van der Waals surface area contributed by atoms with Gasteiger partial charge in [0.1, 0.15) is 4.32 Å². The molecule has 2 aromatic rings. The molecular weight excluding hydrogens is 372 g/mol. The number of carbonyl (C=O) groups excluding carboxylic acids is 1. The number of halogens is 2. The first-order valence-electron chi connectivity index (χ1n) is 5.99. The van der Waals surface area contributed by atoms with E-state index in [1.165, 1.54) is 7.11 Å². The molecule has 2 rings (SSSR count). The van der Waals surface area contributed by atoms with Gasteiger partial charge in [-0.05, 0) is 28.8 Å². The van der Waals surface area contributed by atoms with Gasteiger partial charge in [-0.2, -0.15) is 0 Å². The average molecular weight is 386 g/mol. The molecule has 0 fully saturated rings. The highest BCUT2D eigenvalue weighted by atomic mass is 79.9. The maximum Gasteiger partial charge on any atom is 0.327 e. The molecule has 0 saturated heterocycles. The lowest BCUT2D eigenvalue weighted by Crippen LogP contribution is -2.30. The SMILES string of the molecule is CCC(Br)(C(=O)OC)c1ccc(Br)c2ccccc12. The summed E-state index contributed by atoms with van der Waals surface area (Å²) in [5.41, 5.74) is 0.931. The van der Waals surface area contributed by atoms with Crippen molar-refractivity contribution in [3.8, 4) is 0 Å². The molecule has 0 N–H and O–H groups in total. The van der Waals surface area contributed by atoms with Crippen molar-refractivity contribution in [2.24, 2.45) is 0 Å². The van der Waals surface area contributed by atoms with E-state index in [9.17, 15) is 4.79 Å². The quantitative estimate of drug-likeness (QED) is 0.561. The van der Waals surface area contributed by atoms with Crippen LogP contribution in [0.5, 0.6) is 0 Å². The van der Waals surface area contributed by atoms with E-state index in [1.807, 2.05) is 43.3 Å². The summed E-state index contributed by atoms with van der Waals surface area (Å²) in [7, 11) is 1.41. The molecule has 0 saturated carbocycles. The van der Waals surface area contributed by atoms with Crippen LogP contribution in [0.15, 0.2) is 40.9 Å². The minimum Gasteiger partial charge on any atom is -0.468 e. The maximum atomic E-state index is 12.1. The van der Waals surface area contributed by atoms with Crippen molar-refractivity contribution in [2.45, 2.75) is 17.7 Å². The van der Waals surface area contributed by atoms with Crippen molar-refractivity contribution in [3.05, 3.63) is 46.4 Å². The topological polar surface area (TPSA) is 26.3 Å². The fraction of sp³-hybridized carbons (Fsp3) is 0.267. The zero-order chi connectivity index (χ0) is 14.0. The zero-order valence-electron chi connectivity index (χ0n) is 10.7. The van der Waals surface area contributed by atoms with Crippen LogP contribution in [0, 0.1) is 0 Å². The first kappa shape index (κ1) is 14.5. The van der Waals surface area contributed by atoms with Gasteiger partial charge in [-0.3, -0.25) is 4.79 Å². The van der Waals surface area contributed by atoms with Gasteiger partial charge >= 0.3 is 5.97 Å². The highest BCUT2D eigenvalue weighted by Gasteiger charge is 2.38. The summed E-state index contributed by atoms with van der Waals surface area (Å²) in [5.74, 6) is -0.275. The van der Waals surface area contributed by atoms with E-state index in [4.69, 9.17) is 4.74 Å². The number of methoxy groups -OCH3 is 1. The van der Waals surface area contributed by atoms with Crippen LogP contribution in [0.4, 0.5) is 0 Å². The Morgan fingerprint density at radius 2 is 1.84 bits per heavy atom. The Bertz CT molecular complexity index is 625. The third-order valence-corrected chi connectivity index (χ3v) is 5.30. The molecule has 0 amide bonds. The molecule has 4 heteroatoms. The average Bonchev–Trinajstić information content (AvgIpc) is 2.46. The minimum absolute atomic E-state index is 0.275. The van der Waals surface area contributed by atoms with Crippen molar-refractivity contribution < 1.29 is 9.53 Å². The van der Waals surface area contributed by atoms with Crippen LogP contribution in [-0.4, -0.2) is 13.1 Å². The molecule has 0 aliphatic heterocycles. The fourth-order valence-electron chi connectivity index (χ4n) is 2.21. The summed E-state index contributed by atoms with van der Waals surface area (Å²) in [6.07, 6.45) is 0.616. The van der Waals surface area contributed by atoms with Crippen molar-refractivity contribution in [2.75, 3.05) is 7.11 Å². The van der Waals surface area contributed by atoms with E-state index in [1.54, 1.807) is 0 Å². The highest BCUT2D eigenvalue weighted by Crippen LogP contribution is 2.41. The van der Waals surface area contributed by atoms with Crippen molar-refractivity contribution >= 4 is 48.6 Å². The predicted octanol–water partition coefficient (Wildman–Crippen LogP) is 4.78. The number of fused-ring (bicyclic) bond motifs is 1. The predicted molar refractivity (Wildman–Crippen MR) is 84.6 cm³/mol. The van der Waals surface area contributed by atoms with E-state index in [-0.39, 0.29) is 5.97 Å². The Morgan fingerprint density at radius 3 is 2.42 bits per heavy atom. The molecule has 0 spiro atoms. The van der Waals surface area contributed by atoms with Crippen LogP contribution in [0.2, 0.25) is 0 Å². The van der Waals surface area contributed by atoms with Gasteiger partial charge in [0.15, 0.2) is 0 Å². The zero-order valence-corrected chi connectivity index (χ0v) is 13.9. The molecule has 19 heavy (non-hydrogen) atoms. The van der Waals surface area contributed by atoms with Gasteiger partial charge in [0.25, 0.3) is 0 Å². The van der Waals surface area contributed by atoms with Crippen LogP contribution in [0.1, 0.15) is 18.9 Å². The molecule has 0 aromatic heterocycles. The van der Waals surface area contributed by atoms with Crippen LogP contribution in [0.3, 0.4) is 0 Å². The molecule has 0 aliphatic carbocycles. The molecule has 0 radical (unpaired) electrons. The van der Waals surface area contributed by atoms with E-state index in [2.05, 4.69) is 31.9 Å². The molecule has 1 unspecified atom stereocenters. The summed E-state index contributed by atoms with van der Waals surface area (Å²) in [4.78, 5) is 12.1. The molecule has 0 bridgehead atoms. The minimum atomic E-state index is -0.804. The maximum absolute atomic E-state index is 12.1. The lowest BCUT2D eigenvalue weighted by Gasteiger charge is -2.25. The first-order chi connectivity index (χ1) is 9.04. The Morgan fingerprint density at radius 1 is 1.21 bits per heavy atom. The number of ether oxygens (including phenoxy) is 1. The van der Waals surface area contributed by atoms with Crippen molar-refractivity contribution in [1.82, 2.24) is 0 Å². The lowest BCUT2D eigenvalue weighted by molar-refractivity contribution is -0.143. The number of hydrogen-bond donors (Lipinski definition) is 0. The Labute approximate surface area is 129 Å². The molecule has 1 atom stereocenters. The second-order valence-corrected chi connectivity index (χ2v) is 6.49. The molecule has 0 heterocycles. The highest BCUT2D eigenvalue weighted by molar-refractivity contribution is 9.10. The van der Waals surface area contributed by atoms with Gasteiger partial charge < -0.3 is 4.74 Å². The number of carbonyl (C=O) groups is 1. The van der Waals surface area contributed by atoms with Gasteiger partial charge in [-0.1, -0.05) is 69.1 Å². The molecule has 2 aromatic carbocycles. The Hall–Kier alpha value is -0.870. The summed E-state index contributed by atoms with van der Waals surface area (Å²) in [6.45, 7) is 1.96. The van der Waals surface area contributed by atoms with E-state index < -0.39 is 4.32 Å². The second-order valence-electron chi connectivity index (χ2n) is 4.29. The summed E-state index contributed by atoms with van der Waals surface area (Å²) < 4.78 is 5.16. The van der Waals surface area contributed by atoms with Crippen LogP contribution in [0.25, 0.3) is 10.8 Å². The fourth-order valence-corrected chi connectivity index (χ4v) is 3.20. The van der Waals surface area contributed by atoms with Crippen molar-refractivity contribution in [3.63, 3.8) is 0 Å². The first-order valence-corrected chi connectivity index (χ1v) is 7.58.